The maximum Gasteiger partial charge on any atom is 0.309 e. The summed E-state index contributed by atoms with van der Waals surface area (Å²) in [6, 6.07) is 0.211. The number of ether oxygens (including phenoxy) is 1. The van der Waals surface area contributed by atoms with Gasteiger partial charge < -0.3 is 10.5 Å². The van der Waals surface area contributed by atoms with E-state index in [2.05, 4.69) is 6.92 Å². The van der Waals surface area contributed by atoms with E-state index in [0.29, 0.717) is 5.92 Å². The third-order valence-electron chi connectivity index (χ3n) is 3.98. The molecule has 2 aliphatic carbocycles. The van der Waals surface area contributed by atoms with Crippen LogP contribution >= 0.6 is 0 Å². The summed E-state index contributed by atoms with van der Waals surface area (Å²) in [5.41, 5.74) is 5.81. The van der Waals surface area contributed by atoms with Crippen molar-refractivity contribution in [1.82, 2.24) is 0 Å². The van der Waals surface area contributed by atoms with E-state index in [9.17, 15) is 4.79 Å². The summed E-state index contributed by atoms with van der Waals surface area (Å²) in [4.78, 5) is 11.9. The zero-order chi connectivity index (χ0) is 11.5. The van der Waals surface area contributed by atoms with Crippen LogP contribution in [-0.2, 0) is 9.53 Å². The molecule has 16 heavy (non-hydrogen) atoms. The van der Waals surface area contributed by atoms with Gasteiger partial charge in [0.25, 0.3) is 0 Å². The molecule has 2 N–H and O–H groups in total. The fourth-order valence-electron chi connectivity index (χ4n) is 2.98. The van der Waals surface area contributed by atoms with E-state index >= 15 is 0 Å². The average molecular weight is 225 g/mol. The molecule has 3 heteroatoms. The Kier molecular flexibility index (Phi) is 3.85. The van der Waals surface area contributed by atoms with Gasteiger partial charge in [0, 0.05) is 6.04 Å². The highest BCUT2D eigenvalue weighted by molar-refractivity contribution is 5.73. The smallest absolute Gasteiger partial charge is 0.309 e. The molecule has 0 aromatic rings. The minimum Gasteiger partial charge on any atom is -0.462 e. The SMILES string of the molecule is CC1CCCC(OC(=O)C2CCC(N)C2)C1. The minimum atomic E-state index is 0.00653. The first-order valence-electron chi connectivity index (χ1n) is 6.61. The van der Waals surface area contributed by atoms with E-state index in [0.717, 1.165) is 32.1 Å². The molecule has 3 nitrogen and oxygen atoms in total. The molecule has 0 bridgehead atoms. The third kappa shape index (κ3) is 2.97. The van der Waals surface area contributed by atoms with Crippen LogP contribution < -0.4 is 5.73 Å². The second kappa shape index (κ2) is 5.17. The molecular formula is C13H23NO2. The number of hydrogen-bond acceptors (Lipinski definition) is 3. The average Bonchev–Trinajstić information content (AvgIpc) is 2.65. The maximum atomic E-state index is 11.9. The quantitative estimate of drug-likeness (QED) is 0.733. The Balaban J connectivity index is 1.78. The second-order valence-electron chi connectivity index (χ2n) is 5.60. The van der Waals surface area contributed by atoms with Gasteiger partial charge in [-0.25, -0.2) is 0 Å². The highest BCUT2D eigenvalue weighted by Gasteiger charge is 2.31. The van der Waals surface area contributed by atoms with Crippen LogP contribution in [-0.4, -0.2) is 18.1 Å². The van der Waals surface area contributed by atoms with E-state index in [-0.39, 0.29) is 24.0 Å². The Morgan fingerprint density at radius 3 is 2.62 bits per heavy atom. The molecule has 0 amide bonds. The van der Waals surface area contributed by atoms with E-state index in [1.54, 1.807) is 0 Å². The molecule has 4 unspecified atom stereocenters. The van der Waals surface area contributed by atoms with Crippen LogP contribution in [0.4, 0.5) is 0 Å². The predicted octanol–water partition coefficient (Wildman–Crippen LogP) is 2.24. The summed E-state index contributed by atoms with van der Waals surface area (Å²) in [6.07, 6.45) is 7.46. The number of rotatable bonds is 2. The summed E-state index contributed by atoms with van der Waals surface area (Å²) in [6.45, 7) is 2.24. The van der Waals surface area contributed by atoms with Crippen LogP contribution in [0.3, 0.4) is 0 Å². The Labute approximate surface area is 97.7 Å². The van der Waals surface area contributed by atoms with Crippen molar-refractivity contribution in [3.8, 4) is 0 Å². The number of esters is 1. The molecule has 0 aliphatic heterocycles. The number of carbonyl (C=O) groups excluding carboxylic acids is 1. The molecule has 2 aliphatic rings. The monoisotopic (exact) mass is 225 g/mol. The van der Waals surface area contributed by atoms with Crippen LogP contribution in [0, 0.1) is 11.8 Å². The fraction of sp³-hybridized carbons (Fsp3) is 0.923. The minimum absolute atomic E-state index is 0.00653. The normalized spacial score (nSPS) is 39.6. The van der Waals surface area contributed by atoms with E-state index in [1.165, 1.54) is 12.8 Å². The topological polar surface area (TPSA) is 52.3 Å². The maximum absolute atomic E-state index is 11.9. The standard InChI is InChI=1S/C13H23NO2/c1-9-3-2-4-12(7-9)16-13(15)10-5-6-11(14)8-10/h9-12H,2-8,14H2,1H3. The van der Waals surface area contributed by atoms with Crippen molar-refractivity contribution in [1.29, 1.82) is 0 Å². The van der Waals surface area contributed by atoms with Gasteiger partial charge in [-0.3, -0.25) is 4.79 Å². The van der Waals surface area contributed by atoms with Gasteiger partial charge in [0.1, 0.15) is 6.10 Å². The van der Waals surface area contributed by atoms with Crippen molar-refractivity contribution in [3.63, 3.8) is 0 Å². The predicted molar refractivity (Wildman–Crippen MR) is 62.8 cm³/mol. The molecule has 0 spiro atoms. The third-order valence-corrected chi connectivity index (χ3v) is 3.98. The molecule has 0 aromatic heterocycles. The molecule has 0 saturated heterocycles. The molecule has 0 aromatic carbocycles. The largest absolute Gasteiger partial charge is 0.462 e. The first-order chi connectivity index (χ1) is 7.65. The van der Waals surface area contributed by atoms with Crippen molar-refractivity contribution in [2.45, 2.75) is 64.0 Å². The van der Waals surface area contributed by atoms with Gasteiger partial charge in [0.05, 0.1) is 5.92 Å². The fourth-order valence-corrected chi connectivity index (χ4v) is 2.98. The summed E-state index contributed by atoms with van der Waals surface area (Å²) in [5.74, 6) is 0.789. The molecule has 0 heterocycles. The molecule has 0 radical (unpaired) electrons. The lowest BCUT2D eigenvalue weighted by Gasteiger charge is -2.27. The van der Waals surface area contributed by atoms with E-state index in [4.69, 9.17) is 10.5 Å². The molecule has 4 atom stereocenters. The van der Waals surface area contributed by atoms with Crippen molar-refractivity contribution in [2.24, 2.45) is 17.6 Å². The number of hydrogen-bond donors (Lipinski definition) is 1. The van der Waals surface area contributed by atoms with Crippen LogP contribution in [0.15, 0.2) is 0 Å². The van der Waals surface area contributed by atoms with Gasteiger partial charge >= 0.3 is 5.97 Å². The van der Waals surface area contributed by atoms with Gasteiger partial charge in [-0.15, -0.1) is 0 Å². The number of nitrogens with two attached hydrogens (primary N) is 1. The zero-order valence-corrected chi connectivity index (χ0v) is 10.2. The molecular weight excluding hydrogens is 202 g/mol. The van der Waals surface area contributed by atoms with Gasteiger partial charge in [-0.1, -0.05) is 13.3 Å². The van der Waals surface area contributed by atoms with Crippen LogP contribution in [0.1, 0.15) is 51.9 Å². The Morgan fingerprint density at radius 1 is 1.19 bits per heavy atom. The van der Waals surface area contributed by atoms with Gasteiger partial charge in [0.2, 0.25) is 0 Å². The van der Waals surface area contributed by atoms with Gasteiger partial charge in [-0.05, 0) is 44.4 Å². The van der Waals surface area contributed by atoms with Crippen molar-refractivity contribution >= 4 is 5.97 Å². The van der Waals surface area contributed by atoms with Gasteiger partial charge in [-0.2, -0.15) is 0 Å². The lowest BCUT2D eigenvalue weighted by Crippen LogP contribution is -2.28. The summed E-state index contributed by atoms with van der Waals surface area (Å²) in [7, 11) is 0. The van der Waals surface area contributed by atoms with Crippen LogP contribution in [0.5, 0.6) is 0 Å². The second-order valence-corrected chi connectivity index (χ2v) is 5.60. The molecule has 2 saturated carbocycles. The Hall–Kier alpha value is -0.570. The zero-order valence-electron chi connectivity index (χ0n) is 10.2. The Morgan fingerprint density at radius 2 is 2.00 bits per heavy atom. The summed E-state index contributed by atoms with van der Waals surface area (Å²) >= 11 is 0. The first kappa shape index (κ1) is 11.9. The van der Waals surface area contributed by atoms with Crippen molar-refractivity contribution in [3.05, 3.63) is 0 Å². The van der Waals surface area contributed by atoms with Crippen LogP contribution in [0.2, 0.25) is 0 Å². The summed E-state index contributed by atoms with van der Waals surface area (Å²) < 4.78 is 5.60. The van der Waals surface area contributed by atoms with Crippen molar-refractivity contribution in [2.75, 3.05) is 0 Å². The number of carbonyl (C=O) groups is 1. The molecule has 2 rings (SSSR count). The molecule has 2 fully saturated rings. The highest BCUT2D eigenvalue weighted by Crippen LogP contribution is 2.29. The first-order valence-corrected chi connectivity index (χ1v) is 6.61. The van der Waals surface area contributed by atoms with Crippen molar-refractivity contribution < 1.29 is 9.53 Å². The Bertz CT molecular complexity index is 254. The van der Waals surface area contributed by atoms with Crippen LogP contribution in [0.25, 0.3) is 0 Å². The van der Waals surface area contributed by atoms with E-state index in [1.807, 2.05) is 0 Å². The highest BCUT2D eigenvalue weighted by atomic mass is 16.5. The van der Waals surface area contributed by atoms with Gasteiger partial charge in [0.15, 0.2) is 0 Å². The molecule has 92 valence electrons. The lowest BCUT2D eigenvalue weighted by atomic mass is 9.88. The lowest BCUT2D eigenvalue weighted by molar-refractivity contribution is -0.156. The van der Waals surface area contributed by atoms with E-state index < -0.39 is 0 Å². The summed E-state index contributed by atoms with van der Waals surface area (Å²) in [5, 5.41) is 0.